The molecule has 0 unspecified atom stereocenters. The lowest BCUT2D eigenvalue weighted by molar-refractivity contribution is 0.0702. The van der Waals surface area contributed by atoms with E-state index in [1.807, 2.05) is 24.3 Å². The van der Waals surface area contributed by atoms with Crippen molar-refractivity contribution in [3.63, 3.8) is 0 Å². The quantitative estimate of drug-likeness (QED) is 0.895. The highest BCUT2D eigenvalue weighted by molar-refractivity contribution is 7.12. The maximum Gasteiger partial charge on any atom is 0.346 e. The molecular weight excluding hydrogens is 236 g/mol. The Hall–Kier alpha value is -1.81. The molecule has 0 radical (unpaired) electrons. The van der Waals surface area contributed by atoms with Gasteiger partial charge in [-0.15, -0.1) is 11.3 Å². The molecule has 0 amide bonds. The Bertz CT molecular complexity index is 514. The van der Waals surface area contributed by atoms with Gasteiger partial charge in [0, 0.05) is 11.4 Å². The Morgan fingerprint density at radius 2 is 2.00 bits per heavy atom. The van der Waals surface area contributed by atoms with Crippen LogP contribution in [0.4, 0.5) is 0 Å². The molecule has 0 bridgehead atoms. The van der Waals surface area contributed by atoms with Crippen molar-refractivity contribution in [2.24, 2.45) is 0 Å². The molecule has 1 N–H and O–H groups in total. The molecule has 0 aliphatic heterocycles. The van der Waals surface area contributed by atoms with Crippen molar-refractivity contribution in [1.82, 2.24) is 0 Å². The van der Waals surface area contributed by atoms with Crippen molar-refractivity contribution in [3.8, 4) is 11.5 Å². The van der Waals surface area contributed by atoms with E-state index in [1.54, 1.807) is 5.38 Å². The first kappa shape index (κ1) is 11.7. The van der Waals surface area contributed by atoms with Crippen LogP contribution < -0.4 is 4.74 Å². The Kier molecular flexibility index (Phi) is 3.44. The number of hydrogen-bond acceptors (Lipinski definition) is 3. The summed E-state index contributed by atoms with van der Waals surface area (Å²) in [6.45, 7) is 2.09. The summed E-state index contributed by atoms with van der Waals surface area (Å²) in [7, 11) is 0. The van der Waals surface area contributed by atoms with Crippen molar-refractivity contribution < 1.29 is 14.6 Å². The molecule has 0 saturated heterocycles. The summed E-state index contributed by atoms with van der Waals surface area (Å²) >= 11 is 1.16. The van der Waals surface area contributed by atoms with E-state index in [4.69, 9.17) is 9.84 Å². The molecule has 0 saturated carbocycles. The first-order valence-electron chi connectivity index (χ1n) is 5.27. The van der Waals surface area contributed by atoms with Crippen LogP contribution in [0, 0.1) is 0 Å². The van der Waals surface area contributed by atoms with Crippen molar-refractivity contribution in [3.05, 3.63) is 46.2 Å². The highest BCUT2D eigenvalue weighted by atomic mass is 32.1. The van der Waals surface area contributed by atoms with Crippen molar-refractivity contribution in [1.29, 1.82) is 0 Å². The lowest BCUT2D eigenvalue weighted by atomic mass is 10.2. The minimum Gasteiger partial charge on any atom is -0.477 e. The number of benzene rings is 1. The van der Waals surface area contributed by atoms with Crippen LogP contribution in [-0.2, 0) is 6.42 Å². The van der Waals surface area contributed by atoms with Gasteiger partial charge < -0.3 is 9.84 Å². The van der Waals surface area contributed by atoms with Gasteiger partial charge in [0.25, 0.3) is 0 Å². The third-order valence-corrected chi connectivity index (χ3v) is 3.25. The predicted octanol–water partition coefficient (Wildman–Crippen LogP) is 3.80. The van der Waals surface area contributed by atoms with E-state index < -0.39 is 5.97 Å². The highest BCUT2D eigenvalue weighted by Gasteiger charge is 2.07. The van der Waals surface area contributed by atoms with Gasteiger partial charge in [-0.2, -0.15) is 0 Å². The van der Waals surface area contributed by atoms with E-state index >= 15 is 0 Å². The van der Waals surface area contributed by atoms with E-state index in [9.17, 15) is 4.79 Å². The summed E-state index contributed by atoms with van der Waals surface area (Å²) in [5.41, 5.74) is 1.24. The molecule has 2 aromatic rings. The van der Waals surface area contributed by atoms with Gasteiger partial charge in [-0.05, 0) is 24.1 Å². The normalized spacial score (nSPS) is 10.2. The third kappa shape index (κ3) is 2.85. The van der Waals surface area contributed by atoms with Crippen molar-refractivity contribution in [2.75, 3.05) is 0 Å². The minimum atomic E-state index is -0.925. The Labute approximate surface area is 103 Å². The van der Waals surface area contributed by atoms with Gasteiger partial charge in [-0.25, -0.2) is 4.79 Å². The number of carboxylic acids is 1. The highest BCUT2D eigenvalue weighted by Crippen LogP contribution is 2.27. The van der Waals surface area contributed by atoms with Gasteiger partial charge in [-0.3, -0.25) is 0 Å². The molecular formula is C13H12O3S. The standard InChI is InChI=1S/C13H12O3S/c1-2-9-3-5-10(6-4-9)16-11-7-12(13(14)15)17-8-11/h3-8H,2H2,1H3,(H,14,15). The molecule has 2 rings (SSSR count). The molecule has 1 aromatic carbocycles. The zero-order valence-electron chi connectivity index (χ0n) is 9.34. The van der Waals surface area contributed by atoms with Gasteiger partial charge in [0.15, 0.2) is 0 Å². The predicted molar refractivity (Wildman–Crippen MR) is 67.2 cm³/mol. The zero-order chi connectivity index (χ0) is 12.3. The molecule has 0 fully saturated rings. The molecule has 0 atom stereocenters. The number of thiophene rings is 1. The fourth-order valence-electron chi connectivity index (χ4n) is 1.41. The second-order valence-corrected chi connectivity index (χ2v) is 4.46. The summed E-state index contributed by atoms with van der Waals surface area (Å²) in [5.74, 6) is 0.361. The fraction of sp³-hybridized carbons (Fsp3) is 0.154. The smallest absolute Gasteiger partial charge is 0.346 e. The molecule has 0 spiro atoms. The molecule has 0 aliphatic carbocycles. The molecule has 1 aromatic heterocycles. The molecule has 3 nitrogen and oxygen atoms in total. The average molecular weight is 248 g/mol. The van der Waals surface area contributed by atoms with Crippen LogP contribution in [0.3, 0.4) is 0 Å². The topological polar surface area (TPSA) is 46.5 Å². The van der Waals surface area contributed by atoms with Crippen LogP contribution >= 0.6 is 11.3 Å². The molecule has 1 heterocycles. The van der Waals surface area contributed by atoms with E-state index in [2.05, 4.69) is 6.92 Å². The monoisotopic (exact) mass is 248 g/mol. The van der Waals surface area contributed by atoms with Crippen LogP contribution in [0.1, 0.15) is 22.2 Å². The summed E-state index contributed by atoms with van der Waals surface area (Å²) in [6.07, 6.45) is 0.988. The largest absolute Gasteiger partial charge is 0.477 e. The van der Waals surface area contributed by atoms with E-state index in [0.717, 1.165) is 23.5 Å². The SMILES string of the molecule is CCc1ccc(Oc2csc(C(=O)O)c2)cc1. The van der Waals surface area contributed by atoms with Crippen LogP contribution in [0.15, 0.2) is 35.7 Å². The number of rotatable bonds is 4. The van der Waals surface area contributed by atoms with Crippen LogP contribution in [-0.4, -0.2) is 11.1 Å². The van der Waals surface area contributed by atoms with E-state index in [-0.39, 0.29) is 4.88 Å². The third-order valence-electron chi connectivity index (χ3n) is 2.35. The fourth-order valence-corrected chi connectivity index (χ4v) is 2.06. The number of aromatic carboxylic acids is 1. The number of carbonyl (C=O) groups is 1. The average Bonchev–Trinajstić information content (AvgIpc) is 2.79. The van der Waals surface area contributed by atoms with E-state index in [0.29, 0.717) is 5.75 Å². The Morgan fingerprint density at radius 3 is 2.53 bits per heavy atom. The molecule has 4 heteroatoms. The Morgan fingerprint density at radius 1 is 1.29 bits per heavy atom. The van der Waals surface area contributed by atoms with Crippen molar-refractivity contribution >= 4 is 17.3 Å². The Balaban J connectivity index is 2.11. The van der Waals surface area contributed by atoms with Crippen LogP contribution in [0.2, 0.25) is 0 Å². The first-order valence-corrected chi connectivity index (χ1v) is 6.15. The summed E-state index contributed by atoms with van der Waals surface area (Å²) in [5, 5.41) is 10.5. The summed E-state index contributed by atoms with van der Waals surface area (Å²) < 4.78 is 5.56. The van der Waals surface area contributed by atoms with Gasteiger partial charge in [-0.1, -0.05) is 19.1 Å². The minimum absolute atomic E-state index is 0.283. The lowest BCUT2D eigenvalue weighted by Crippen LogP contribution is -1.90. The molecule has 17 heavy (non-hydrogen) atoms. The summed E-state index contributed by atoms with van der Waals surface area (Å²) in [6, 6.07) is 9.30. The number of ether oxygens (including phenoxy) is 1. The van der Waals surface area contributed by atoms with Crippen molar-refractivity contribution in [2.45, 2.75) is 13.3 Å². The van der Waals surface area contributed by atoms with Gasteiger partial charge in [0.05, 0.1) is 0 Å². The first-order chi connectivity index (χ1) is 8.19. The van der Waals surface area contributed by atoms with Crippen LogP contribution in [0.25, 0.3) is 0 Å². The second-order valence-electron chi connectivity index (χ2n) is 3.55. The van der Waals surface area contributed by atoms with Gasteiger partial charge >= 0.3 is 5.97 Å². The molecule has 0 aliphatic rings. The lowest BCUT2D eigenvalue weighted by Gasteiger charge is -2.03. The second kappa shape index (κ2) is 5.01. The van der Waals surface area contributed by atoms with Gasteiger partial charge in [0.2, 0.25) is 0 Å². The molecule has 88 valence electrons. The maximum atomic E-state index is 10.7. The zero-order valence-corrected chi connectivity index (χ0v) is 10.2. The number of aryl methyl sites for hydroxylation is 1. The maximum absolute atomic E-state index is 10.7. The number of hydrogen-bond donors (Lipinski definition) is 1. The van der Waals surface area contributed by atoms with Gasteiger partial charge in [0.1, 0.15) is 16.4 Å². The summed E-state index contributed by atoms with van der Waals surface area (Å²) in [4.78, 5) is 11.0. The number of carboxylic acid groups (broad SMARTS) is 1. The van der Waals surface area contributed by atoms with E-state index in [1.165, 1.54) is 11.6 Å². The van der Waals surface area contributed by atoms with Crippen LogP contribution in [0.5, 0.6) is 11.5 Å².